The van der Waals surface area contributed by atoms with E-state index in [0.29, 0.717) is 4.58 Å². The number of thioether (sulfide) groups is 3. The second kappa shape index (κ2) is 2.95. The summed E-state index contributed by atoms with van der Waals surface area (Å²) in [5, 5.41) is 1.14. The van der Waals surface area contributed by atoms with Crippen LogP contribution in [0.1, 0.15) is 13.8 Å². The van der Waals surface area contributed by atoms with Gasteiger partial charge in [-0.05, 0) is 13.8 Å². The zero-order valence-electron chi connectivity index (χ0n) is 5.59. The smallest absolute Gasteiger partial charge is 0.108 e. The normalized spacial score (nSPS) is 45.0. The summed E-state index contributed by atoms with van der Waals surface area (Å²) >= 11 is 5.64. The molecule has 4 heteroatoms. The molecule has 0 aliphatic carbocycles. The maximum atomic E-state index is 5.88. The summed E-state index contributed by atoms with van der Waals surface area (Å²) in [4.78, 5) is 0. The third kappa shape index (κ3) is 2.62. The predicted molar refractivity (Wildman–Crippen MR) is 49.7 cm³/mol. The Morgan fingerprint density at radius 1 is 1.67 bits per heavy atom. The van der Waals surface area contributed by atoms with Gasteiger partial charge in [0.2, 0.25) is 0 Å². The van der Waals surface area contributed by atoms with Crippen molar-refractivity contribution in [2.24, 2.45) is 5.73 Å². The van der Waals surface area contributed by atoms with Crippen molar-refractivity contribution in [3.63, 3.8) is 0 Å². The Morgan fingerprint density at radius 2 is 2.33 bits per heavy atom. The molecule has 1 saturated heterocycles. The third-order valence-corrected chi connectivity index (χ3v) is 5.25. The largest absolute Gasteiger partial charge is 0.309 e. The van der Waals surface area contributed by atoms with E-state index in [9.17, 15) is 0 Å². The van der Waals surface area contributed by atoms with E-state index in [0.717, 1.165) is 5.08 Å². The van der Waals surface area contributed by atoms with Crippen molar-refractivity contribution >= 4 is 35.3 Å². The molecule has 1 fully saturated rings. The maximum absolute atomic E-state index is 5.88. The fourth-order valence-electron chi connectivity index (χ4n) is 0.644. The lowest BCUT2D eigenvalue weighted by Crippen LogP contribution is -2.32. The van der Waals surface area contributed by atoms with Crippen LogP contribution in [0.15, 0.2) is 0 Å². The monoisotopic (exact) mass is 181 g/mol. The molecule has 1 aliphatic heterocycles. The average Bonchev–Trinajstić information content (AvgIpc) is 1.60. The summed E-state index contributed by atoms with van der Waals surface area (Å²) in [6.45, 7) is 4.29. The highest BCUT2D eigenvalue weighted by Crippen LogP contribution is 2.45. The van der Waals surface area contributed by atoms with Gasteiger partial charge in [-0.1, -0.05) is 0 Å². The highest BCUT2D eigenvalue weighted by Gasteiger charge is 2.27. The molecule has 54 valence electrons. The maximum Gasteiger partial charge on any atom is 0.108 e. The topological polar surface area (TPSA) is 26.0 Å². The third-order valence-electron chi connectivity index (χ3n) is 1.05. The first kappa shape index (κ1) is 8.11. The van der Waals surface area contributed by atoms with Crippen molar-refractivity contribution in [2.75, 3.05) is 5.08 Å². The molecule has 2 N–H and O–H groups in total. The van der Waals surface area contributed by atoms with E-state index in [1.807, 2.05) is 35.3 Å². The zero-order chi connectivity index (χ0) is 6.91. The lowest BCUT2D eigenvalue weighted by atomic mass is 10.8. The molecule has 9 heavy (non-hydrogen) atoms. The summed E-state index contributed by atoms with van der Waals surface area (Å²) in [5.74, 6) is 0. The van der Waals surface area contributed by atoms with Gasteiger partial charge < -0.3 is 5.73 Å². The van der Waals surface area contributed by atoms with Gasteiger partial charge in [0, 0.05) is 5.08 Å². The molecule has 1 rings (SSSR count). The van der Waals surface area contributed by atoms with Crippen LogP contribution in [0.4, 0.5) is 0 Å². The van der Waals surface area contributed by atoms with Crippen LogP contribution in [0.25, 0.3) is 0 Å². The van der Waals surface area contributed by atoms with Crippen LogP contribution in [0.3, 0.4) is 0 Å². The van der Waals surface area contributed by atoms with Gasteiger partial charge in [0.15, 0.2) is 0 Å². The second-order valence-corrected chi connectivity index (χ2v) is 7.60. The molecule has 0 radical (unpaired) electrons. The predicted octanol–water partition coefficient (Wildman–Crippen LogP) is 2.14. The van der Waals surface area contributed by atoms with Crippen molar-refractivity contribution in [2.45, 2.75) is 22.6 Å². The van der Waals surface area contributed by atoms with E-state index in [2.05, 4.69) is 13.8 Å². The van der Waals surface area contributed by atoms with Crippen molar-refractivity contribution in [1.29, 1.82) is 0 Å². The van der Waals surface area contributed by atoms with E-state index < -0.39 is 0 Å². The fraction of sp³-hybridized carbons (Fsp3) is 1.00. The first-order chi connectivity index (χ1) is 4.10. The number of rotatable bonds is 0. The molecule has 0 spiro atoms. The summed E-state index contributed by atoms with van der Waals surface area (Å²) < 4.78 is 0.631. The van der Waals surface area contributed by atoms with Crippen LogP contribution in [0, 0.1) is 0 Å². The molecular formula is C5H11NS3. The minimum absolute atomic E-state index is 0.0370. The van der Waals surface area contributed by atoms with Crippen LogP contribution in [-0.2, 0) is 0 Å². The quantitative estimate of drug-likeness (QED) is 0.619. The van der Waals surface area contributed by atoms with E-state index in [-0.39, 0.29) is 4.20 Å². The molecule has 2 unspecified atom stereocenters. The van der Waals surface area contributed by atoms with Gasteiger partial charge in [0.1, 0.15) is 4.20 Å². The second-order valence-electron chi connectivity index (χ2n) is 2.13. The van der Waals surface area contributed by atoms with Crippen molar-refractivity contribution < 1.29 is 0 Å². The Balaban J connectivity index is 2.41. The molecule has 0 saturated carbocycles. The van der Waals surface area contributed by atoms with Crippen LogP contribution >= 0.6 is 35.3 Å². The summed E-state index contributed by atoms with van der Waals surface area (Å²) in [6.07, 6.45) is 0. The molecule has 2 atom stereocenters. The fourth-order valence-corrected chi connectivity index (χ4v) is 5.97. The minimum Gasteiger partial charge on any atom is -0.309 e. The standard InChI is InChI=1S/C5H11NS3/c1-4-7-3-8-5(2,6)9-4/h4H,3,6H2,1-2H3. The molecular weight excluding hydrogens is 170 g/mol. The highest BCUT2D eigenvalue weighted by atomic mass is 32.3. The van der Waals surface area contributed by atoms with Gasteiger partial charge in [-0.2, -0.15) is 0 Å². The van der Waals surface area contributed by atoms with E-state index in [1.165, 1.54) is 0 Å². The van der Waals surface area contributed by atoms with Crippen molar-refractivity contribution in [1.82, 2.24) is 0 Å². The molecule has 0 aromatic carbocycles. The average molecular weight is 181 g/mol. The van der Waals surface area contributed by atoms with E-state index in [1.54, 1.807) is 0 Å². The SMILES string of the molecule is CC1SCSC(C)(N)S1. The van der Waals surface area contributed by atoms with Crippen molar-refractivity contribution in [3.05, 3.63) is 0 Å². The Morgan fingerprint density at radius 3 is 2.67 bits per heavy atom. The zero-order valence-corrected chi connectivity index (χ0v) is 8.04. The first-order valence-electron chi connectivity index (χ1n) is 2.82. The summed E-state index contributed by atoms with van der Waals surface area (Å²) in [7, 11) is 0. The van der Waals surface area contributed by atoms with Crippen LogP contribution < -0.4 is 5.73 Å². The Kier molecular flexibility index (Phi) is 2.65. The minimum atomic E-state index is -0.0370. The van der Waals surface area contributed by atoms with Gasteiger partial charge in [-0.15, -0.1) is 35.3 Å². The molecule has 0 aromatic heterocycles. The van der Waals surface area contributed by atoms with Gasteiger partial charge in [-0.25, -0.2) is 0 Å². The molecule has 1 nitrogen and oxygen atoms in total. The molecule has 0 aromatic rings. The summed E-state index contributed by atoms with van der Waals surface area (Å²) in [6, 6.07) is 0. The Bertz CT molecular complexity index is 104. The van der Waals surface area contributed by atoms with Crippen LogP contribution in [0.5, 0.6) is 0 Å². The van der Waals surface area contributed by atoms with Crippen LogP contribution in [-0.4, -0.2) is 13.9 Å². The first-order valence-corrected chi connectivity index (χ1v) is 5.74. The van der Waals surface area contributed by atoms with Gasteiger partial charge in [0.05, 0.1) is 4.58 Å². The van der Waals surface area contributed by atoms with Crippen LogP contribution in [0.2, 0.25) is 0 Å². The molecule has 0 amide bonds. The Labute approximate surface area is 68.9 Å². The molecule has 1 heterocycles. The van der Waals surface area contributed by atoms with Gasteiger partial charge in [0.25, 0.3) is 0 Å². The summed E-state index contributed by atoms with van der Waals surface area (Å²) in [5.41, 5.74) is 5.88. The van der Waals surface area contributed by atoms with E-state index >= 15 is 0 Å². The number of nitrogens with two attached hydrogens (primary N) is 1. The van der Waals surface area contributed by atoms with Gasteiger partial charge >= 0.3 is 0 Å². The van der Waals surface area contributed by atoms with E-state index in [4.69, 9.17) is 5.73 Å². The highest BCUT2D eigenvalue weighted by molar-refractivity contribution is 8.33. The molecule has 1 aliphatic rings. The molecule has 0 bridgehead atoms. The van der Waals surface area contributed by atoms with Gasteiger partial charge in [-0.3, -0.25) is 0 Å². The number of hydrogen-bond donors (Lipinski definition) is 1. The lowest BCUT2D eigenvalue weighted by molar-refractivity contribution is 0.963. The lowest BCUT2D eigenvalue weighted by Gasteiger charge is -2.31. The number of hydrogen-bond acceptors (Lipinski definition) is 4. The van der Waals surface area contributed by atoms with Crippen molar-refractivity contribution in [3.8, 4) is 0 Å². The Hall–Kier alpha value is 1.01.